The highest BCUT2D eigenvalue weighted by Gasteiger charge is 2.31. The van der Waals surface area contributed by atoms with Gasteiger partial charge in [0.05, 0.1) is 17.6 Å². The molecule has 2 aliphatic rings. The predicted octanol–water partition coefficient (Wildman–Crippen LogP) is 1.96. The highest BCUT2D eigenvalue weighted by molar-refractivity contribution is 5.79. The lowest BCUT2D eigenvalue weighted by Crippen LogP contribution is -2.44. The molecule has 26 heavy (non-hydrogen) atoms. The molecule has 0 radical (unpaired) electrons. The van der Waals surface area contributed by atoms with Crippen LogP contribution in [-0.4, -0.2) is 50.6 Å². The van der Waals surface area contributed by atoms with E-state index in [2.05, 4.69) is 32.7 Å². The predicted molar refractivity (Wildman–Crippen MR) is 97.6 cm³/mol. The van der Waals surface area contributed by atoms with E-state index < -0.39 is 0 Å². The summed E-state index contributed by atoms with van der Waals surface area (Å²) in [5.74, 6) is 1.80. The van der Waals surface area contributed by atoms with Crippen molar-refractivity contribution in [3.63, 3.8) is 0 Å². The fraction of sp³-hybridized carbons (Fsp3) is 0.579. The van der Waals surface area contributed by atoms with Crippen molar-refractivity contribution in [1.29, 1.82) is 0 Å². The molecule has 1 saturated carbocycles. The van der Waals surface area contributed by atoms with Gasteiger partial charge in [0.25, 0.3) is 0 Å². The molecule has 2 unspecified atom stereocenters. The Morgan fingerprint density at radius 1 is 1.27 bits per heavy atom. The summed E-state index contributed by atoms with van der Waals surface area (Å²) in [4.78, 5) is 14.8. The van der Waals surface area contributed by atoms with Crippen LogP contribution < -0.4 is 5.32 Å². The zero-order valence-electron chi connectivity index (χ0n) is 15.2. The molecule has 2 fully saturated rings. The van der Waals surface area contributed by atoms with Crippen LogP contribution in [0.3, 0.4) is 0 Å². The average Bonchev–Trinajstić information content (AvgIpc) is 3.40. The molecular formula is C19H26N6O. The van der Waals surface area contributed by atoms with Crippen LogP contribution in [0.4, 0.5) is 0 Å². The fourth-order valence-corrected chi connectivity index (χ4v) is 3.65. The number of carbonyl (C=O) groups excluding carboxylic acids is 1. The first kappa shape index (κ1) is 17.1. The second kappa shape index (κ2) is 7.53. The number of aromatic nitrogens is 4. The van der Waals surface area contributed by atoms with Gasteiger partial charge >= 0.3 is 0 Å². The molecule has 1 aliphatic carbocycles. The van der Waals surface area contributed by atoms with E-state index in [-0.39, 0.29) is 17.9 Å². The van der Waals surface area contributed by atoms with Crippen molar-refractivity contribution < 1.29 is 4.79 Å². The second-order valence-electron chi connectivity index (χ2n) is 7.48. The summed E-state index contributed by atoms with van der Waals surface area (Å²) in [6.45, 7) is 4.70. The second-order valence-corrected chi connectivity index (χ2v) is 7.48. The number of para-hydroxylation sites is 1. The molecule has 7 heteroatoms. The summed E-state index contributed by atoms with van der Waals surface area (Å²) < 4.78 is 1.79. The van der Waals surface area contributed by atoms with Gasteiger partial charge in [-0.25, -0.2) is 0 Å². The van der Waals surface area contributed by atoms with Crippen molar-refractivity contribution in [2.24, 2.45) is 11.8 Å². The number of benzene rings is 1. The molecule has 1 aromatic heterocycles. The lowest BCUT2D eigenvalue weighted by atomic mass is 9.95. The number of nitrogens with zero attached hydrogens (tertiary/aromatic N) is 5. The summed E-state index contributed by atoms with van der Waals surface area (Å²) >= 11 is 0. The number of hydrogen-bond donors (Lipinski definition) is 1. The van der Waals surface area contributed by atoms with E-state index in [4.69, 9.17) is 0 Å². The number of piperidine rings is 1. The molecule has 0 bridgehead atoms. The van der Waals surface area contributed by atoms with Gasteiger partial charge in [-0.15, -0.1) is 5.10 Å². The molecule has 1 aromatic carbocycles. The lowest BCUT2D eigenvalue weighted by molar-refractivity contribution is -0.127. The Kier molecular flexibility index (Phi) is 4.97. The summed E-state index contributed by atoms with van der Waals surface area (Å²) in [6, 6.07) is 9.99. The normalized spacial score (nSPS) is 22.1. The van der Waals surface area contributed by atoms with Gasteiger partial charge in [-0.1, -0.05) is 18.2 Å². The van der Waals surface area contributed by atoms with E-state index in [1.165, 1.54) is 12.8 Å². The zero-order valence-corrected chi connectivity index (χ0v) is 15.2. The Morgan fingerprint density at radius 3 is 2.85 bits per heavy atom. The van der Waals surface area contributed by atoms with Gasteiger partial charge in [0.15, 0.2) is 5.82 Å². The van der Waals surface area contributed by atoms with Crippen LogP contribution in [0, 0.1) is 11.8 Å². The van der Waals surface area contributed by atoms with E-state index in [9.17, 15) is 4.79 Å². The fourth-order valence-electron chi connectivity index (χ4n) is 3.65. The number of carbonyl (C=O) groups is 1. The zero-order chi connectivity index (χ0) is 17.9. The number of nitrogens with one attached hydrogen (secondary N) is 1. The standard InChI is InChI=1S/C19H26N6O/c1-14(18-21-22-23-25(18)17-7-3-2-4-8-17)24-11-5-6-16(13-24)19(26)20-12-15-9-10-15/h2-4,7-8,14-16H,5-6,9-13H2,1H3,(H,20,26). The van der Waals surface area contributed by atoms with Crippen LogP contribution in [-0.2, 0) is 4.79 Å². The third-order valence-electron chi connectivity index (χ3n) is 5.50. The first-order valence-corrected chi connectivity index (χ1v) is 9.58. The third kappa shape index (κ3) is 3.77. The number of amides is 1. The summed E-state index contributed by atoms with van der Waals surface area (Å²) in [7, 11) is 0. The van der Waals surface area contributed by atoms with Crippen LogP contribution in [0.5, 0.6) is 0 Å². The van der Waals surface area contributed by atoms with E-state index in [0.29, 0.717) is 5.92 Å². The van der Waals surface area contributed by atoms with E-state index in [0.717, 1.165) is 44.0 Å². The van der Waals surface area contributed by atoms with Crippen LogP contribution >= 0.6 is 0 Å². The van der Waals surface area contributed by atoms with Crippen LogP contribution in [0.2, 0.25) is 0 Å². The Balaban J connectivity index is 1.44. The van der Waals surface area contributed by atoms with E-state index in [1.54, 1.807) is 4.68 Å². The molecule has 2 heterocycles. The topological polar surface area (TPSA) is 75.9 Å². The Labute approximate surface area is 153 Å². The van der Waals surface area contributed by atoms with Crippen molar-refractivity contribution in [3.8, 4) is 5.69 Å². The largest absolute Gasteiger partial charge is 0.356 e. The van der Waals surface area contributed by atoms with Gasteiger partial charge in [0.1, 0.15) is 0 Å². The van der Waals surface area contributed by atoms with Gasteiger partial charge in [-0.05, 0) is 67.6 Å². The van der Waals surface area contributed by atoms with Crippen molar-refractivity contribution in [1.82, 2.24) is 30.4 Å². The molecule has 2 aromatic rings. The van der Waals surface area contributed by atoms with Gasteiger partial charge in [0, 0.05) is 13.1 Å². The van der Waals surface area contributed by atoms with E-state index >= 15 is 0 Å². The number of tetrazole rings is 1. The first-order chi connectivity index (χ1) is 12.7. The van der Waals surface area contributed by atoms with Gasteiger partial charge in [-0.2, -0.15) is 4.68 Å². The SMILES string of the molecule is CC(c1nnnn1-c1ccccc1)N1CCCC(C(=O)NCC2CC2)C1. The molecule has 1 amide bonds. The molecule has 138 valence electrons. The average molecular weight is 354 g/mol. The van der Waals surface area contributed by atoms with Crippen molar-refractivity contribution in [2.75, 3.05) is 19.6 Å². The maximum absolute atomic E-state index is 12.5. The highest BCUT2D eigenvalue weighted by Crippen LogP contribution is 2.29. The first-order valence-electron chi connectivity index (χ1n) is 9.58. The quantitative estimate of drug-likeness (QED) is 0.858. The van der Waals surface area contributed by atoms with Gasteiger partial charge in [-0.3, -0.25) is 9.69 Å². The molecule has 1 saturated heterocycles. The monoisotopic (exact) mass is 354 g/mol. The van der Waals surface area contributed by atoms with Crippen molar-refractivity contribution >= 4 is 5.91 Å². The lowest BCUT2D eigenvalue weighted by Gasteiger charge is -2.35. The summed E-state index contributed by atoms with van der Waals surface area (Å²) in [5, 5.41) is 15.4. The minimum absolute atomic E-state index is 0.0595. The molecule has 2 atom stereocenters. The van der Waals surface area contributed by atoms with Gasteiger partial charge in [0.2, 0.25) is 5.91 Å². The number of hydrogen-bond acceptors (Lipinski definition) is 5. The minimum atomic E-state index is 0.0595. The maximum atomic E-state index is 12.5. The molecule has 4 rings (SSSR count). The maximum Gasteiger partial charge on any atom is 0.224 e. The molecule has 7 nitrogen and oxygen atoms in total. The van der Waals surface area contributed by atoms with Crippen molar-refractivity contribution in [3.05, 3.63) is 36.2 Å². The molecule has 1 N–H and O–H groups in total. The number of rotatable bonds is 6. The Morgan fingerprint density at radius 2 is 2.08 bits per heavy atom. The molecule has 0 spiro atoms. The molecular weight excluding hydrogens is 328 g/mol. The van der Waals surface area contributed by atoms with Crippen LogP contribution in [0.25, 0.3) is 5.69 Å². The summed E-state index contributed by atoms with van der Waals surface area (Å²) in [5.41, 5.74) is 0.954. The van der Waals surface area contributed by atoms with E-state index in [1.807, 2.05) is 30.3 Å². The smallest absolute Gasteiger partial charge is 0.224 e. The number of likely N-dealkylation sites (tertiary alicyclic amines) is 1. The highest BCUT2D eigenvalue weighted by atomic mass is 16.1. The Bertz CT molecular complexity index is 741. The van der Waals surface area contributed by atoms with Crippen molar-refractivity contribution in [2.45, 2.75) is 38.6 Å². The summed E-state index contributed by atoms with van der Waals surface area (Å²) in [6.07, 6.45) is 4.51. The van der Waals surface area contributed by atoms with Crippen LogP contribution in [0.15, 0.2) is 30.3 Å². The molecule has 1 aliphatic heterocycles. The Hall–Kier alpha value is -2.28. The minimum Gasteiger partial charge on any atom is -0.356 e. The third-order valence-corrected chi connectivity index (χ3v) is 5.50. The van der Waals surface area contributed by atoms with Gasteiger partial charge < -0.3 is 5.32 Å². The van der Waals surface area contributed by atoms with Crippen LogP contribution in [0.1, 0.15) is 44.5 Å².